The van der Waals surface area contributed by atoms with Crippen molar-refractivity contribution in [3.05, 3.63) is 48.6 Å². The third-order valence-corrected chi connectivity index (χ3v) is 10.1. The molecule has 0 aliphatic heterocycles. The van der Waals surface area contributed by atoms with Gasteiger partial charge in [-0.25, -0.2) is 4.57 Å². The lowest BCUT2D eigenvalue weighted by molar-refractivity contribution is -0.870. The highest BCUT2D eigenvalue weighted by molar-refractivity contribution is 7.47. The Balaban J connectivity index is 4.24. The molecule has 0 amide bonds. The molecule has 0 aliphatic carbocycles. The van der Waals surface area contributed by atoms with E-state index in [1.165, 1.54) is 96.3 Å². The lowest BCUT2D eigenvalue weighted by Crippen LogP contribution is -2.37. The Bertz CT molecular complexity index is 1000. The third-order valence-electron chi connectivity index (χ3n) is 9.12. The zero-order valence-corrected chi connectivity index (χ0v) is 36.6. The van der Waals surface area contributed by atoms with Crippen molar-refractivity contribution in [3.8, 4) is 0 Å². The smallest absolute Gasteiger partial charge is 0.457 e. The standard InChI is InChI=1S/C45H84NO7P/c1-6-8-10-12-14-16-18-20-21-22-23-24-25-27-29-31-33-35-37-40-50-42-44(43-52-54(48,49)51-41-39-46(3,4)5)53-45(47)38-36-34-32-30-28-26-19-17-15-13-11-9-7-2/h9,11,15,17,21-22,26,28,44H,6-8,10,12-14,16,18-20,23-25,27,29-43H2,1-5H3/p+1/b11-9-,17-15-,22-21-,28-26-. The van der Waals surface area contributed by atoms with Crippen LogP contribution in [0.15, 0.2) is 48.6 Å². The second kappa shape index (κ2) is 38.3. The summed E-state index contributed by atoms with van der Waals surface area (Å²) in [6.45, 7) is 5.46. The lowest BCUT2D eigenvalue weighted by atomic mass is 10.1. The molecule has 9 heteroatoms. The summed E-state index contributed by atoms with van der Waals surface area (Å²) < 4.78 is 34.9. The van der Waals surface area contributed by atoms with Crippen molar-refractivity contribution in [1.82, 2.24) is 0 Å². The number of hydrogen-bond donors (Lipinski definition) is 1. The highest BCUT2D eigenvalue weighted by Gasteiger charge is 2.26. The van der Waals surface area contributed by atoms with Gasteiger partial charge in [-0.3, -0.25) is 13.8 Å². The van der Waals surface area contributed by atoms with Crippen LogP contribution in [0, 0.1) is 0 Å². The number of esters is 1. The number of nitrogens with zero attached hydrogens (tertiary/aromatic N) is 1. The van der Waals surface area contributed by atoms with Gasteiger partial charge in [0.25, 0.3) is 0 Å². The topological polar surface area (TPSA) is 91.3 Å². The molecular weight excluding hydrogens is 697 g/mol. The molecule has 0 aromatic carbocycles. The Morgan fingerprint density at radius 1 is 0.593 bits per heavy atom. The van der Waals surface area contributed by atoms with E-state index in [1.807, 2.05) is 21.1 Å². The van der Waals surface area contributed by atoms with Gasteiger partial charge in [0.2, 0.25) is 0 Å². The van der Waals surface area contributed by atoms with Gasteiger partial charge in [0, 0.05) is 13.0 Å². The third kappa shape index (κ3) is 41.6. The average Bonchev–Trinajstić information content (AvgIpc) is 3.12. The first-order valence-electron chi connectivity index (χ1n) is 21.9. The molecule has 0 rings (SSSR count). The summed E-state index contributed by atoms with van der Waals surface area (Å²) in [6.07, 6.45) is 45.8. The van der Waals surface area contributed by atoms with E-state index < -0.39 is 13.9 Å². The fourth-order valence-corrected chi connectivity index (χ4v) is 6.48. The highest BCUT2D eigenvalue weighted by atomic mass is 31.2. The monoisotopic (exact) mass is 783 g/mol. The Labute approximate surface area is 333 Å². The summed E-state index contributed by atoms with van der Waals surface area (Å²) in [5.74, 6) is -0.344. The normalized spacial score (nSPS) is 14.3. The molecule has 0 heterocycles. The van der Waals surface area contributed by atoms with Crippen LogP contribution in [0.25, 0.3) is 0 Å². The molecule has 1 N–H and O–H groups in total. The number of carbonyl (C=O) groups excluding carboxylic acids is 1. The largest absolute Gasteiger partial charge is 0.472 e. The Morgan fingerprint density at radius 2 is 1.07 bits per heavy atom. The van der Waals surface area contributed by atoms with E-state index >= 15 is 0 Å². The van der Waals surface area contributed by atoms with Gasteiger partial charge < -0.3 is 18.9 Å². The van der Waals surface area contributed by atoms with E-state index in [-0.39, 0.29) is 25.8 Å². The highest BCUT2D eigenvalue weighted by Crippen LogP contribution is 2.43. The zero-order chi connectivity index (χ0) is 39.9. The number of ether oxygens (including phenoxy) is 2. The van der Waals surface area contributed by atoms with Crippen molar-refractivity contribution < 1.29 is 37.3 Å². The van der Waals surface area contributed by atoms with Crippen LogP contribution in [-0.4, -0.2) is 75.6 Å². The van der Waals surface area contributed by atoms with E-state index in [4.69, 9.17) is 18.5 Å². The molecule has 54 heavy (non-hydrogen) atoms. The summed E-state index contributed by atoms with van der Waals surface area (Å²) in [4.78, 5) is 22.8. The molecule has 2 unspecified atom stereocenters. The van der Waals surface area contributed by atoms with E-state index in [9.17, 15) is 14.3 Å². The van der Waals surface area contributed by atoms with Crippen LogP contribution in [-0.2, 0) is 27.9 Å². The second-order valence-electron chi connectivity index (χ2n) is 15.7. The number of unbranched alkanes of at least 4 members (excludes halogenated alkanes) is 18. The first kappa shape index (κ1) is 52.5. The predicted octanol–water partition coefficient (Wildman–Crippen LogP) is 12.8. The van der Waals surface area contributed by atoms with E-state index in [1.54, 1.807) is 0 Å². The van der Waals surface area contributed by atoms with Crippen molar-refractivity contribution in [2.24, 2.45) is 0 Å². The van der Waals surface area contributed by atoms with Crippen molar-refractivity contribution in [3.63, 3.8) is 0 Å². The Kier molecular flexibility index (Phi) is 37.2. The SMILES string of the molecule is CC/C=C\C/C=C\C/C=C\CCCCCC(=O)OC(COCCCCCCCCCC/C=C\CCCCCCCCC)COP(=O)(O)OCC[N+](C)(C)C. The molecule has 2 atom stereocenters. The number of allylic oxidation sites excluding steroid dienone is 8. The summed E-state index contributed by atoms with van der Waals surface area (Å²) in [5, 5.41) is 0. The number of phosphoric acid groups is 1. The minimum absolute atomic E-state index is 0.0809. The van der Waals surface area contributed by atoms with Crippen LogP contribution >= 0.6 is 7.82 Å². The van der Waals surface area contributed by atoms with Gasteiger partial charge in [-0.05, 0) is 70.6 Å². The van der Waals surface area contributed by atoms with Gasteiger partial charge in [-0.2, -0.15) is 0 Å². The van der Waals surface area contributed by atoms with E-state index in [0.29, 0.717) is 24.1 Å². The average molecular weight is 783 g/mol. The summed E-state index contributed by atoms with van der Waals surface area (Å²) in [7, 11) is 1.64. The molecule has 8 nitrogen and oxygen atoms in total. The van der Waals surface area contributed by atoms with Crippen molar-refractivity contribution in [1.29, 1.82) is 0 Å². The number of quaternary nitrogens is 1. The first-order valence-corrected chi connectivity index (χ1v) is 23.4. The molecule has 0 fully saturated rings. The summed E-state index contributed by atoms with van der Waals surface area (Å²) in [5.41, 5.74) is 0. The molecule has 0 saturated heterocycles. The van der Waals surface area contributed by atoms with Gasteiger partial charge in [0.15, 0.2) is 0 Å². The van der Waals surface area contributed by atoms with Crippen LogP contribution in [0.5, 0.6) is 0 Å². The summed E-state index contributed by atoms with van der Waals surface area (Å²) >= 11 is 0. The fraction of sp³-hybridized carbons (Fsp3) is 0.800. The molecule has 0 aliphatic rings. The molecule has 316 valence electrons. The number of rotatable bonds is 40. The predicted molar refractivity (Wildman–Crippen MR) is 229 cm³/mol. The second-order valence-corrected chi connectivity index (χ2v) is 17.1. The maximum atomic E-state index is 12.7. The molecule has 0 saturated carbocycles. The van der Waals surface area contributed by atoms with Crippen LogP contribution in [0.3, 0.4) is 0 Å². The van der Waals surface area contributed by atoms with Gasteiger partial charge >= 0.3 is 13.8 Å². The summed E-state index contributed by atoms with van der Waals surface area (Å²) in [6, 6.07) is 0. The maximum absolute atomic E-state index is 12.7. The lowest BCUT2D eigenvalue weighted by Gasteiger charge is -2.24. The maximum Gasteiger partial charge on any atom is 0.472 e. The van der Waals surface area contributed by atoms with Crippen LogP contribution in [0.2, 0.25) is 0 Å². The number of hydrogen-bond acceptors (Lipinski definition) is 6. The van der Waals surface area contributed by atoms with Crippen molar-refractivity contribution in [2.75, 3.05) is 54.1 Å². The van der Waals surface area contributed by atoms with Crippen molar-refractivity contribution >= 4 is 13.8 Å². The van der Waals surface area contributed by atoms with Gasteiger partial charge in [-0.1, -0.05) is 146 Å². The number of phosphoric ester groups is 1. The number of likely N-dealkylation sites (N-methyl/N-ethyl adjacent to an activating group) is 1. The molecule has 0 radical (unpaired) electrons. The number of carbonyl (C=O) groups is 1. The van der Waals surface area contributed by atoms with E-state index in [2.05, 4.69) is 62.5 Å². The van der Waals surface area contributed by atoms with Crippen LogP contribution < -0.4 is 0 Å². The minimum Gasteiger partial charge on any atom is -0.457 e. The molecule has 0 bridgehead atoms. The molecule has 0 aromatic heterocycles. The zero-order valence-electron chi connectivity index (χ0n) is 35.7. The molecule has 0 aromatic rings. The Morgan fingerprint density at radius 3 is 1.63 bits per heavy atom. The van der Waals surface area contributed by atoms with Gasteiger partial charge in [0.1, 0.15) is 19.3 Å². The Hall–Kier alpha value is -1.54. The van der Waals surface area contributed by atoms with Crippen molar-refractivity contribution in [2.45, 2.75) is 180 Å². The molecular formula is C45H85NO7P+. The van der Waals surface area contributed by atoms with Gasteiger partial charge in [-0.15, -0.1) is 0 Å². The quantitative estimate of drug-likeness (QED) is 0.0218. The minimum atomic E-state index is -4.28. The fourth-order valence-electron chi connectivity index (χ4n) is 5.74. The van der Waals surface area contributed by atoms with Gasteiger partial charge in [0.05, 0.1) is 34.4 Å². The van der Waals surface area contributed by atoms with E-state index in [0.717, 1.165) is 57.8 Å². The van der Waals surface area contributed by atoms with Crippen LogP contribution in [0.4, 0.5) is 0 Å². The van der Waals surface area contributed by atoms with Crippen LogP contribution in [0.1, 0.15) is 174 Å². The first-order chi connectivity index (χ1) is 26.1. The molecule has 0 spiro atoms.